The van der Waals surface area contributed by atoms with E-state index in [1.54, 1.807) is 0 Å². The SMILES string of the molecule is N#Cc1cc(F)ccc1NCC1CCC(C(=O)O)O1. The number of anilines is 1. The van der Waals surface area contributed by atoms with Crippen LogP contribution in [-0.4, -0.2) is 29.8 Å². The second-order valence-corrected chi connectivity index (χ2v) is 4.34. The fourth-order valence-corrected chi connectivity index (χ4v) is 2.02. The summed E-state index contributed by atoms with van der Waals surface area (Å²) in [5, 5.41) is 20.7. The van der Waals surface area contributed by atoms with Gasteiger partial charge in [-0.25, -0.2) is 9.18 Å². The zero-order valence-electron chi connectivity index (χ0n) is 10.1. The van der Waals surface area contributed by atoms with Crippen molar-refractivity contribution in [1.29, 1.82) is 5.26 Å². The molecule has 1 aromatic rings. The summed E-state index contributed by atoms with van der Waals surface area (Å²) < 4.78 is 18.3. The average Bonchev–Trinajstić information content (AvgIpc) is 2.86. The first-order valence-electron chi connectivity index (χ1n) is 5.92. The van der Waals surface area contributed by atoms with Gasteiger partial charge in [0, 0.05) is 6.54 Å². The van der Waals surface area contributed by atoms with E-state index in [-0.39, 0.29) is 11.7 Å². The zero-order chi connectivity index (χ0) is 13.8. The maximum atomic E-state index is 12.9. The van der Waals surface area contributed by atoms with Crippen LogP contribution in [0.15, 0.2) is 18.2 Å². The number of benzene rings is 1. The number of carboxylic acid groups (broad SMARTS) is 1. The van der Waals surface area contributed by atoms with Crippen LogP contribution < -0.4 is 5.32 Å². The molecule has 0 amide bonds. The maximum absolute atomic E-state index is 12.9. The second-order valence-electron chi connectivity index (χ2n) is 4.34. The Morgan fingerprint density at radius 2 is 2.37 bits per heavy atom. The standard InChI is InChI=1S/C13H13FN2O3/c14-9-1-3-11(8(5-9)6-15)16-7-10-2-4-12(19-10)13(17)18/h1,3,5,10,12,16H,2,4,7H2,(H,17,18). The van der Waals surface area contributed by atoms with Crippen molar-refractivity contribution < 1.29 is 19.0 Å². The molecule has 1 heterocycles. The van der Waals surface area contributed by atoms with Crippen LogP contribution in [0.3, 0.4) is 0 Å². The Balaban J connectivity index is 1.93. The fraction of sp³-hybridized carbons (Fsp3) is 0.385. The third-order valence-electron chi connectivity index (χ3n) is 3.01. The van der Waals surface area contributed by atoms with Gasteiger partial charge in [-0.3, -0.25) is 0 Å². The molecule has 1 fully saturated rings. The number of carboxylic acids is 1. The number of nitrogens with zero attached hydrogens (tertiary/aromatic N) is 1. The van der Waals surface area contributed by atoms with Crippen molar-refractivity contribution in [2.75, 3.05) is 11.9 Å². The minimum absolute atomic E-state index is 0.210. The number of halogens is 1. The molecule has 2 unspecified atom stereocenters. The predicted molar refractivity (Wildman–Crippen MR) is 65.1 cm³/mol. The summed E-state index contributed by atoms with van der Waals surface area (Å²) in [5.74, 6) is -1.42. The lowest BCUT2D eigenvalue weighted by molar-refractivity contribution is -0.149. The molecule has 1 aliphatic heterocycles. The van der Waals surface area contributed by atoms with E-state index >= 15 is 0 Å². The highest BCUT2D eigenvalue weighted by Gasteiger charge is 2.30. The number of ether oxygens (including phenoxy) is 1. The lowest BCUT2D eigenvalue weighted by atomic mass is 10.1. The molecule has 5 nitrogen and oxygen atoms in total. The molecule has 0 aliphatic carbocycles. The first-order chi connectivity index (χ1) is 9.10. The Kier molecular flexibility index (Phi) is 3.97. The Bertz CT molecular complexity index is 527. The van der Waals surface area contributed by atoms with Crippen molar-refractivity contribution in [2.45, 2.75) is 25.0 Å². The monoisotopic (exact) mass is 264 g/mol. The first-order valence-corrected chi connectivity index (χ1v) is 5.92. The molecule has 2 atom stereocenters. The van der Waals surface area contributed by atoms with Crippen molar-refractivity contribution in [3.8, 4) is 6.07 Å². The molecule has 0 bridgehead atoms. The summed E-state index contributed by atoms with van der Waals surface area (Å²) in [7, 11) is 0. The van der Waals surface area contributed by atoms with Gasteiger partial charge in [-0.2, -0.15) is 5.26 Å². The van der Waals surface area contributed by atoms with Crippen LogP contribution in [0.2, 0.25) is 0 Å². The highest BCUT2D eigenvalue weighted by molar-refractivity contribution is 5.72. The summed E-state index contributed by atoms with van der Waals surface area (Å²) in [5.41, 5.74) is 0.735. The van der Waals surface area contributed by atoms with Crippen molar-refractivity contribution in [1.82, 2.24) is 0 Å². The number of aliphatic carboxylic acids is 1. The lowest BCUT2D eigenvalue weighted by Crippen LogP contribution is -2.24. The topological polar surface area (TPSA) is 82.4 Å². The molecule has 2 N–H and O–H groups in total. The Morgan fingerprint density at radius 3 is 3.00 bits per heavy atom. The lowest BCUT2D eigenvalue weighted by Gasteiger charge is -2.14. The summed E-state index contributed by atoms with van der Waals surface area (Å²) in [6, 6.07) is 5.80. The van der Waals surface area contributed by atoms with Crippen molar-refractivity contribution >= 4 is 11.7 Å². The van der Waals surface area contributed by atoms with Gasteiger partial charge in [-0.05, 0) is 31.0 Å². The number of nitrogens with one attached hydrogen (secondary N) is 1. The fourth-order valence-electron chi connectivity index (χ4n) is 2.02. The Hall–Kier alpha value is -2.13. The van der Waals surface area contributed by atoms with E-state index in [9.17, 15) is 9.18 Å². The number of hydrogen-bond donors (Lipinski definition) is 2. The van der Waals surface area contributed by atoms with Crippen LogP contribution in [0.4, 0.5) is 10.1 Å². The van der Waals surface area contributed by atoms with Gasteiger partial charge < -0.3 is 15.2 Å². The molecular weight excluding hydrogens is 251 g/mol. The van der Waals surface area contributed by atoms with E-state index in [0.29, 0.717) is 25.1 Å². The molecule has 0 aromatic heterocycles. The van der Waals surface area contributed by atoms with E-state index in [2.05, 4.69) is 5.32 Å². The van der Waals surface area contributed by atoms with E-state index in [1.165, 1.54) is 12.1 Å². The van der Waals surface area contributed by atoms with Crippen LogP contribution >= 0.6 is 0 Å². The molecule has 0 spiro atoms. The summed E-state index contributed by atoms with van der Waals surface area (Å²) >= 11 is 0. The highest BCUT2D eigenvalue weighted by Crippen LogP contribution is 2.22. The molecule has 1 aliphatic rings. The quantitative estimate of drug-likeness (QED) is 0.865. The van der Waals surface area contributed by atoms with Gasteiger partial charge in [-0.15, -0.1) is 0 Å². The van der Waals surface area contributed by atoms with Gasteiger partial charge in [0.05, 0.1) is 17.4 Å². The summed E-state index contributed by atoms with van der Waals surface area (Å²) in [6.07, 6.45) is 0.164. The van der Waals surface area contributed by atoms with Crippen molar-refractivity contribution in [3.05, 3.63) is 29.6 Å². The Morgan fingerprint density at radius 1 is 1.58 bits per heavy atom. The zero-order valence-corrected chi connectivity index (χ0v) is 10.1. The largest absolute Gasteiger partial charge is 0.479 e. The highest BCUT2D eigenvalue weighted by atomic mass is 19.1. The van der Waals surface area contributed by atoms with E-state index in [4.69, 9.17) is 15.1 Å². The van der Waals surface area contributed by atoms with Gasteiger partial charge in [0.2, 0.25) is 0 Å². The van der Waals surface area contributed by atoms with Gasteiger partial charge >= 0.3 is 5.97 Å². The van der Waals surface area contributed by atoms with Crippen LogP contribution in [0, 0.1) is 17.1 Å². The smallest absolute Gasteiger partial charge is 0.332 e. The molecule has 100 valence electrons. The van der Waals surface area contributed by atoms with Crippen LogP contribution in [-0.2, 0) is 9.53 Å². The molecular formula is C13H13FN2O3. The average molecular weight is 264 g/mol. The molecule has 2 rings (SSSR count). The van der Waals surface area contributed by atoms with Crippen LogP contribution in [0.25, 0.3) is 0 Å². The maximum Gasteiger partial charge on any atom is 0.332 e. The van der Waals surface area contributed by atoms with E-state index in [0.717, 1.165) is 6.07 Å². The van der Waals surface area contributed by atoms with Crippen molar-refractivity contribution in [3.63, 3.8) is 0 Å². The van der Waals surface area contributed by atoms with Crippen LogP contribution in [0.5, 0.6) is 0 Å². The normalized spacial score (nSPS) is 21.9. The second kappa shape index (κ2) is 5.67. The minimum atomic E-state index is -0.956. The van der Waals surface area contributed by atoms with Crippen molar-refractivity contribution in [2.24, 2.45) is 0 Å². The van der Waals surface area contributed by atoms with Crippen LogP contribution in [0.1, 0.15) is 18.4 Å². The molecule has 1 aromatic carbocycles. The molecule has 0 radical (unpaired) electrons. The van der Waals surface area contributed by atoms with Gasteiger partial charge in [0.25, 0.3) is 0 Å². The first kappa shape index (κ1) is 13.3. The van der Waals surface area contributed by atoms with Gasteiger partial charge in [0.15, 0.2) is 6.10 Å². The van der Waals surface area contributed by atoms with Gasteiger partial charge in [0.1, 0.15) is 11.9 Å². The molecule has 19 heavy (non-hydrogen) atoms. The number of carbonyl (C=O) groups is 1. The van der Waals surface area contributed by atoms with Gasteiger partial charge in [-0.1, -0.05) is 0 Å². The minimum Gasteiger partial charge on any atom is -0.479 e. The number of rotatable bonds is 4. The third kappa shape index (κ3) is 3.20. The van der Waals surface area contributed by atoms with E-state index in [1.807, 2.05) is 6.07 Å². The number of hydrogen-bond acceptors (Lipinski definition) is 4. The molecule has 0 saturated carbocycles. The molecule has 6 heteroatoms. The van der Waals surface area contributed by atoms with E-state index < -0.39 is 17.9 Å². The Labute approximate surface area is 109 Å². The predicted octanol–water partition coefficient (Wildman–Crippen LogP) is 1.74. The number of nitriles is 1. The third-order valence-corrected chi connectivity index (χ3v) is 3.01. The molecule has 1 saturated heterocycles. The summed E-state index contributed by atoms with van der Waals surface area (Å²) in [6.45, 7) is 0.393. The summed E-state index contributed by atoms with van der Waals surface area (Å²) in [4.78, 5) is 10.7.